The van der Waals surface area contributed by atoms with Gasteiger partial charge in [0.05, 0.1) is 12.2 Å². The summed E-state index contributed by atoms with van der Waals surface area (Å²) >= 11 is 1.15. The maximum atomic E-state index is 11.8. The van der Waals surface area contributed by atoms with E-state index in [1.807, 2.05) is 0 Å². The summed E-state index contributed by atoms with van der Waals surface area (Å²) in [4.78, 5) is 12.5. The minimum Gasteiger partial charge on any atom is -0.394 e. The normalized spacial score (nSPS) is 23.2. The molecule has 1 aromatic carbocycles. The second-order valence-corrected chi connectivity index (χ2v) is 5.55. The zero-order valence-corrected chi connectivity index (χ0v) is 11.2. The number of nitrogens with one attached hydrogen (secondary N) is 2. The summed E-state index contributed by atoms with van der Waals surface area (Å²) < 4.78 is 0. The van der Waals surface area contributed by atoms with Gasteiger partial charge in [0.1, 0.15) is 23.7 Å². The van der Waals surface area contributed by atoms with Gasteiger partial charge in [-0.2, -0.15) is 0 Å². The lowest BCUT2D eigenvalue weighted by Gasteiger charge is -2.27. The number of benzene rings is 1. The number of amides is 1. The average molecular weight is 300 g/mol. The third-order valence-corrected chi connectivity index (χ3v) is 4.22. The van der Waals surface area contributed by atoms with Crippen molar-refractivity contribution in [1.29, 1.82) is 0 Å². The molecule has 7 nitrogen and oxygen atoms in total. The molecule has 0 aliphatic carbocycles. The molecule has 0 radical (unpaired) electrons. The van der Waals surface area contributed by atoms with Gasteiger partial charge in [-0.3, -0.25) is 10.2 Å². The first-order chi connectivity index (χ1) is 9.54. The minimum atomic E-state index is -1.54. The molecule has 110 valence electrons. The fourth-order valence-electron chi connectivity index (χ4n) is 1.80. The van der Waals surface area contributed by atoms with Crippen LogP contribution in [0, 0.1) is 0 Å². The van der Waals surface area contributed by atoms with E-state index in [9.17, 15) is 20.1 Å². The Morgan fingerprint density at radius 2 is 1.95 bits per heavy atom. The Hall–Kier alpha value is -1.16. The molecule has 0 spiro atoms. The zero-order chi connectivity index (χ0) is 14.7. The van der Waals surface area contributed by atoms with E-state index < -0.39 is 30.3 Å². The summed E-state index contributed by atoms with van der Waals surface area (Å²) in [5.74, 6) is -0.347. The quantitative estimate of drug-likeness (QED) is 0.397. The molecule has 6 N–H and O–H groups in total. The molecule has 0 fully saturated rings. The Kier molecular flexibility index (Phi) is 4.97. The molecule has 1 unspecified atom stereocenters. The monoisotopic (exact) mass is 300 g/mol. The van der Waals surface area contributed by atoms with E-state index in [0.29, 0.717) is 10.5 Å². The Labute approximate surface area is 119 Å². The first-order valence-corrected chi connectivity index (χ1v) is 6.89. The predicted molar refractivity (Wildman–Crippen MR) is 71.8 cm³/mol. The highest BCUT2D eigenvalue weighted by atomic mass is 32.2. The van der Waals surface area contributed by atoms with Crippen LogP contribution in [0.4, 0.5) is 0 Å². The van der Waals surface area contributed by atoms with Crippen molar-refractivity contribution in [3.05, 3.63) is 29.8 Å². The standard InChI is InChI=1S/C12H16N2O5S/c15-5-7(16)9(17)10(18)12-14-13-11(19)6-3-1-2-4-8(6)20-12/h1-4,7,9-10,12,14-18H,5H2,(H,13,19)/t7-,9-,10-,12?/m1/s1. The van der Waals surface area contributed by atoms with Crippen LogP contribution in [0.15, 0.2) is 29.2 Å². The molecule has 1 amide bonds. The zero-order valence-electron chi connectivity index (χ0n) is 10.4. The van der Waals surface area contributed by atoms with E-state index in [-0.39, 0.29) is 5.91 Å². The SMILES string of the molecule is O=C1NNC([C@H](O)[C@H](O)[C@H](O)CO)Sc2ccccc21. The van der Waals surface area contributed by atoms with Gasteiger partial charge in [-0.15, -0.1) is 11.8 Å². The van der Waals surface area contributed by atoms with Crippen LogP contribution in [0.2, 0.25) is 0 Å². The van der Waals surface area contributed by atoms with E-state index in [0.717, 1.165) is 11.8 Å². The number of aliphatic hydroxyl groups is 4. The summed E-state index contributed by atoms with van der Waals surface area (Å²) in [7, 11) is 0. The number of hydrogen-bond donors (Lipinski definition) is 6. The summed E-state index contributed by atoms with van der Waals surface area (Å²) in [5.41, 5.74) is 5.47. The molecular weight excluding hydrogens is 284 g/mol. The van der Waals surface area contributed by atoms with Gasteiger partial charge in [-0.1, -0.05) is 12.1 Å². The van der Waals surface area contributed by atoms with Gasteiger partial charge in [0.2, 0.25) is 0 Å². The Balaban J connectivity index is 2.18. The van der Waals surface area contributed by atoms with Gasteiger partial charge in [0.25, 0.3) is 5.91 Å². The first-order valence-electron chi connectivity index (χ1n) is 6.01. The summed E-state index contributed by atoms with van der Waals surface area (Å²) in [6.45, 7) is -0.668. The number of thioether (sulfide) groups is 1. The molecular formula is C12H16N2O5S. The first kappa shape index (κ1) is 15.2. The van der Waals surface area contributed by atoms with Crippen LogP contribution in [-0.4, -0.2) is 56.6 Å². The van der Waals surface area contributed by atoms with E-state index in [4.69, 9.17) is 5.11 Å². The molecule has 1 aliphatic heterocycles. The van der Waals surface area contributed by atoms with Gasteiger partial charge in [0.15, 0.2) is 0 Å². The number of carbonyl (C=O) groups is 1. The van der Waals surface area contributed by atoms with Crippen LogP contribution >= 0.6 is 11.8 Å². The number of hydrogen-bond acceptors (Lipinski definition) is 7. The third kappa shape index (κ3) is 3.11. The summed E-state index contributed by atoms with van der Waals surface area (Å²) in [6.07, 6.45) is -4.37. The molecule has 0 saturated heterocycles. The average Bonchev–Trinajstić information content (AvgIpc) is 2.65. The lowest BCUT2D eigenvalue weighted by Crippen LogP contribution is -2.53. The van der Waals surface area contributed by atoms with Crippen molar-refractivity contribution in [2.24, 2.45) is 0 Å². The molecule has 1 aromatic rings. The second kappa shape index (κ2) is 6.53. The van der Waals surface area contributed by atoms with Gasteiger partial charge in [-0.25, -0.2) is 5.43 Å². The maximum absolute atomic E-state index is 11.8. The third-order valence-electron chi connectivity index (χ3n) is 2.95. The van der Waals surface area contributed by atoms with E-state index >= 15 is 0 Å². The minimum absolute atomic E-state index is 0.347. The number of aliphatic hydroxyl groups excluding tert-OH is 4. The van der Waals surface area contributed by atoms with E-state index in [1.54, 1.807) is 24.3 Å². The second-order valence-electron chi connectivity index (χ2n) is 4.36. The van der Waals surface area contributed by atoms with Gasteiger partial charge in [-0.05, 0) is 12.1 Å². The van der Waals surface area contributed by atoms with Crippen molar-refractivity contribution in [2.45, 2.75) is 28.6 Å². The number of carbonyl (C=O) groups excluding carboxylic acids is 1. The fraction of sp³-hybridized carbons (Fsp3) is 0.417. The Morgan fingerprint density at radius 3 is 2.65 bits per heavy atom. The smallest absolute Gasteiger partial charge is 0.266 e. The number of hydrazine groups is 1. The molecule has 4 atom stereocenters. The number of fused-ring (bicyclic) bond motifs is 1. The van der Waals surface area contributed by atoms with Crippen LogP contribution in [-0.2, 0) is 0 Å². The molecule has 0 saturated carbocycles. The largest absolute Gasteiger partial charge is 0.394 e. The van der Waals surface area contributed by atoms with Crippen LogP contribution in [0.3, 0.4) is 0 Å². The van der Waals surface area contributed by atoms with Gasteiger partial charge >= 0.3 is 0 Å². The molecule has 1 aliphatic rings. The van der Waals surface area contributed by atoms with Crippen molar-refractivity contribution < 1.29 is 25.2 Å². The lowest BCUT2D eigenvalue weighted by atomic mass is 10.1. The summed E-state index contributed by atoms with van der Waals surface area (Å²) in [5, 5.41) is 37.1. The Morgan fingerprint density at radius 1 is 1.25 bits per heavy atom. The molecule has 0 aromatic heterocycles. The van der Waals surface area contributed by atoms with Crippen molar-refractivity contribution in [1.82, 2.24) is 10.9 Å². The highest BCUT2D eigenvalue weighted by molar-refractivity contribution is 8.00. The molecule has 20 heavy (non-hydrogen) atoms. The summed E-state index contributed by atoms with van der Waals surface area (Å²) in [6, 6.07) is 6.85. The molecule has 0 bridgehead atoms. The van der Waals surface area contributed by atoms with Crippen molar-refractivity contribution in [2.75, 3.05) is 6.61 Å². The van der Waals surface area contributed by atoms with Crippen molar-refractivity contribution in [3.63, 3.8) is 0 Å². The molecule has 2 rings (SSSR count). The highest BCUT2D eigenvalue weighted by Gasteiger charge is 2.34. The van der Waals surface area contributed by atoms with E-state index in [2.05, 4.69) is 10.9 Å². The van der Waals surface area contributed by atoms with E-state index in [1.165, 1.54) is 0 Å². The fourth-order valence-corrected chi connectivity index (χ4v) is 2.93. The van der Waals surface area contributed by atoms with Gasteiger partial charge in [0, 0.05) is 4.90 Å². The Bertz CT molecular complexity index is 487. The molecule has 8 heteroatoms. The predicted octanol–water partition coefficient (Wildman–Crippen LogP) is -1.57. The van der Waals surface area contributed by atoms with Crippen LogP contribution < -0.4 is 10.9 Å². The maximum Gasteiger partial charge on any atom is 0.266 e. The molecule has 1 heterocycles. The van der Waals surface area contributed by atoms with Gasteiger partial charge < -0.3 is 20.4 Å². The van der Waals surface area contributed by atoms with Crippen LogP contribution in [0.5, 0.6) is 0 Å². The highest BCUT2D eigenvalue weighted by Crippen LogP contribution is 2.30. The van der Waals surface area contributed by atoms with Crippen LogP contribution in [0.1, 0.15) is 10.4 Å². The number of rotatable bonds is 4. The van der Waals surface area contributed by atoms with Crippen LogP contribution in [0.25, 0.3) is 0 Å². The lowest BCUT2D eigenvalue weighted by molar-refractivity contribution is -0.0789. The van der Waals surface area contributed by atoms with Crippen molar-refractivity contribution in [3.8, 4) is 0 Å². The topological polar surface area (TPSA) is 122 Å². The van der Waals surface area contributed by atoms with Crippen molar-refractivity contribution >= 4 is 17.7 Å².